The topological polar surface area (TPSA) is 24.9 Å². The second kappa shape index (κ2) is 3.81. The molecule has 0 atom stereocenters. The molecule has 0 radical (unpaired) electrons. The summed E-state index contributed by atoms with van der Waals surface area (Å²) in [5.41, 5.74) is 1.11. The van der Waals surface area contributed by atoms with E-state index < -0.39 is 0 Å². The van der Waals surface area contributed by atoms with Crippen molar-refractivity contribution in [2.45, 2.75) is 19.3 Å². The fourth-order valence-electron chi connectivity index (χ4n) is 1.95. The summed E-state index contributed by atoms with van der Waals surface area (Å²) < 4.78 is 4.42. The molecule has 2 nitrogen and oxygen atoms in total. The van der Waals surface area contributed by atoms with Crippen LogP contribution in [0.15, 0.2) is 24.3 Å². The van der Waals surface area contributed by atoms with Crippen LogP contribution in [0.2, 0.25) is 0 Å². The SMILES string of the molecule is c1ccc2c(NCC3CCC3)snc2c1. The molecule has 0 amide bonds. The maximum absolute atomic E-state index is 4.42. The number of rotatable bonds is 3. The van der Waals surface area contributed by atoms with Crippen molar-refractivity contribution in [3.05, 3.63) is 24.3 Å². The van der Waals surface area contributed by atoms with Crippen molar-refractivity contribution < 1.29 is 0 Å². The normalized spacial score (nSPS) is 16.5. The lowest BCUT2D eigenvalue weighted by molar-refractivity contribution is 0.333. The molecule has 0 aliphatic heterocycles. The number of benzene rings is 1. The van der Waals surface area contributed by atoms with E-state index in [9.17, 15) is 0 Å². The summed E-state index contributed by atoms with van der Waals surface area (Å²) in [6, 6.07) is 8.32. The third-order valence-corrected chi connectivity index (χ3v) is 3.99. The maximum Gasteiger partial charge on any atom is 0.117 e. The Kier molecular flexibility index (Phi) is 2.33. The largest absolute Gasteiger partial charge is 0.375 e. The molecule has 3 rings (SSSR count). The van der Waals surface area contributed by atoms with Crippen LogP contribution in [0.5, 0.6) is 0 Å². The standard InChI is InChI=1S/C12H14N2S/c1-2-7-11-10(6-1)12(15-14-11)13-8-9-4-3-5-9/h1-2,6-7,9,13H,3-5,8H2. The number of hydrogen-bond donors (Lipinski definition) is 1. The Labute approximate surface area is 93.5 Å². The number of aromatic nitrogens is 1. The van der Waals surface area contributed by atoms with Crippen LogP contribution in [0, 0.1) is 5.92 Å². The van der Waals surface area contributed by atoms with Gasteiger partial charge in [-0.15, -0.1) is 0 Å². The monoisotopic (exact) mass is 218 g/mol. The van der Waals surface area contributed by atoms with Crippen LogP contribution >= 0.6 is 11.5 Å². The number of nitrogens with one attached hydrogen (secondary N) is 1. The Bertz CT molecular complexity index is 459. The van der Waals surface area contributed by atoms with Gasteiger partial charge in [-0.05, 0) is 42.4 Å². The van der Waals surface area contributed by atoms with E-state index in [1.165, 1.54) is 29.6 Å². The second-order valence-electron chi connectivity index (χ2n) is 4.21. The molecule has 1 aromatic heterocycles. The van der Waals surface area contributed by atoms with E-state index in [1.54, 1.807) is 11.5 Å². The average molecular weight is 218 g/mol. The van der Waals surface area contributed by atoms with E-state index in [0.29, 0.717) is 0 Å². The molecule has 0 saturated heterocycles. The Morgan fingerprint density at radius 2 is 2.20 bits per heavy atom. The van der Waals surface area contributed by atoms with Gasteiger partial charge in [0.1, 0.15) is 5.00 Å². The highest BCUT2D eigenvalue weighted by atomic mass is 32.1. The van der Waals surface area contributed by atoms with Crippen LogP contribution in [0.25, 0.3) is 10.9 Å². The van der Waals surface area contributed by atoms with Crippen LogP contribution in [0.3, 0.4) is 0 Å². The lowest BCUT2D eigenvalue weighted by Crippen LogP contribution is -2.20. The van der Waals surface area contributed by atoms with Crippen molar-refractivity contribution in [1.82, 2.24) is 4.37 Å². The molecule has 0 bridgehead atoms. The molecular weight excluding hydrogens is 204 g/mol. The zero-order valence-electron chi connectivity index (χ0n) is 8.57. The Morgan fingerprint density at radius 1 is 1.33 bits per heavy atom. The number of nitrogens with zero attached hydrogens (tertiary/aromatic N) is 1. The number of anilines is 1. The highest BCUT2D eigenvalue weighted by molar-refractivity contribution is 7.11. The van der Waals surface area contributed by atoms with E-state index in [-0.39, 0.29) is 0 Å². The van der Waals surface area contributed by atoms with E-state index >= 15 is 0 Å². The maximum atomic E-state index is 4.42. The van der Waals surface area contributed by atoms with Gasteiger partial charge in [-0.2, -0.15) is 4.37 Å². The fraction of sp³-hybridized carbons (Fsp3) is 0.417. The average Bonchev–Trinajstić information content (AvgIpc) is 2.60. The molecule has 1 saturated carbocycles. The van der Waals surface area contributed by atoms with Crippen molar-refractivity contribution in [2.75, 3.05) is 11.9 Å². The van der Waals surface area contributed by atoms with Gasteiger partial charge in [0.2, 0.25) is 0 Å². The van der Waals surface area contributed by atoms with Gasteiger partial charge in [0.05, 0.1) is 5.52 Å². The summed E-state index contributed by atoms with van der Waals surface area (Å²) in [6.07, 6.45) is 4.20. The molecule has 1 aliphatic rings. The van der Waals surface area contributed by atoms with Crippen LogP contribution in [0.1, 0.15) is 19.3 Å². The molecule has 1 fully saturated rings. The van der Waals surface area contributed by atoms with Gasteiger partial charge in [-0.3, -0.25) is 0 Å². The van der Waals surface area contributed by atoms with Crippen molar-refractivity contribution in [3.63, 3.8) is 0 Å². The first-order valence-corrected chi connectivity index (χ1v) is 6.29. The number of fused-ring (bicyclic) bond motifs is 1. The fourth-order valence-corrected chi connectivity index (χ4v) is 2.72. The van der Waals surface area contributed by atoms with Gasteiger partial charge >= 0.3 is 0 Å². The highest BCUT2D eigenvalue weighted by Gasteiger charge is 2.17. The zero-order valence-corrected chi connectivity index (χ0v) is 9.39. The predicted octanol–water partition coefficient (Wildman–Crippen LogP) is 3.51. The molecule has 15 heavy (non-hydrogen) atoms. The van der Waals surface area contributed by atoms with Gasteiger partial charge in [0.25, 0.3) is 0 Å². The lowest BCUT2D eigenvalue weighted by atomic mass is 9.85. The molecule has 2 aromatic rings. The summed E-state index contributed by atoms with van der Waals surface area (Å²) in [5, 5.41) is 6.02. The minimum absolute atomic E-state index is 0.894. The van der Waals surface area contributed by atoms with Crippen LogP contribution in [-0.2, 0) is 0 Å². The second-order valence-corrected chi connectivity index (χ2v) is 4.98. The number of hydrogen-bond acceptors (Lipinski definition) is 3. The molecule has 3 heteroatoms. The third kappa shape index (κ3) is 1.72. The van der Waals surface area contributed by atoms with Gasteiger partial charge in [0.15, 0.2) is 0 Å². The van der Waals surface area contributed by atoms with Crippen molar-refractivity contribution in [1.29, 1.82) is 0 Å². The lowest BCUT2D eigenvalue weighted by Gasteiger charge is -2.25. The minimum Gasteiger partial charge on any atom is -0.375 e. The van der Waals surface area contributed by atoms with Gasteiger partial charge in [-0.25, -0.2) is 0 Å². The van der Waals surface area contributed by atoms with Crippen LogP contribution in [-0.4, -0.2) is 10.9 Å². The molecule has 0 spiro atoms. The van der Waals surface area contributed by atoms with Gasteiger partial charge in [0, 0.05) is 11.9 Å². The third-order valence-electron chi connectivity index (χ3n) is 3.16. The summed E-state index contributed by atoms with van der Waals surface area (Å²) in [6.45, 7) is 1.12. The minimum atomic E-state index is 0.894. The zero-order chi connectivity index (χ0) is 10.1. The highest BCUT2D eigenvalue weighted by Crippen LogP contribution is 2.30. The molecule has 1 heterocycles. The molecule has 1 aromatic carbocycles. The van der Waals surface area contributed by atoms with E-state index in [4.69, 9.17) is 0 Å². The Morgan fingerprint density at radius 3 is 3.00 bits per heavy atom. The summed E-state index contributed by atoms with van der Waals surface area (Å²) in [5.74, 6) is 0.894. The molecule has 0 unspecified atom stereocenters. The van der Waals surface area contributed by atoms with Crippen molar-refractivity contribution in [2.24, 2.45) is 5.92 Å². The summed E-state index contributed by atoms with van der Waals surface area (Å²) >= 11 is 1.58. The Balaban J connectivity index is 1.78. The van der Waals surface area contributed by atoms with Crippen molar-refractivity contribution in [3.8, 4) is 0 Å². The first kappa shape index (κ1) is 9.16. The molecular formula is C12H14N2S. The van der Waals surface area contributed by atoms with Crippen molar-refractivity contribution >= 4 is 27.4 Å². The Hall–Kier alpha value is -1.09. The molecule has 1 N–H and O–H groups in total. The summed E-state index contributed by atoms with van der Waals surface area (Å²) in [7, 11) is 0. The summed E-state index contributed by atoms with van der Waals surface area (Å²) in [4.78, 5) is 0. The first-order valence-electron chi connectivity index (χ1n) is 5.52. The van der Waals surface area contributed by atoms with Crippen LogP contribution in [0.4, 0.5) is 5.00 Å². The van der Waals surface area contributed by atoms with Gasteiger partial charge < -0.3 is 5.32 Å². The van der Waals surface area contributed by atoms with Crippen LogP contribution < -0.4 is 5.32 Å². The smallest absolute Gasteiger partial charge is 0.117 e. The predicted molar refractivity (Wildman–Crippen MR) is 65.5 cm³/mol. The van der Waals surface area contributed by atoms with E-state index in [0.717, 1.165) is 18.0 Å². The molecule has 1 aliphatic carbocycles. The molecule has 78 valence electrons. The quantitative estimate of drug-likeness (QED) is 0.852. The van der Waals surface area contributed by atoms with E-state index in [1.807, 2.05) is 6.07 Å². The first-order chi connectivity index (χ1) is 7.43. The van der Waals surface area contributed by atoms with E-state index in [2.05, 4.69) is 27.9 Å². The van der Waals surface area contributed by atoms with Gasteiger partial charge in [-0.1, -0.05) is 18.6 Å².